The van der Waals surface area contributed by atoms with Crippen LogP contribution in [0.2, 0.25) is 0 Å². The van der Waals surface area contributed by atoms with Crippen molar-refractivity contribution < 1.29 is 17.9 Å². The van der Waals surface area contributed by atoms with Gasteiger partial charge in [0.15, 0.2) is 0 Å². The molecule has 5 rings (SSSR count). The monoisotopic (exact) mass is 385 g/mol. The standard InChI is InChI=1S/C18H22F3N3OS/c19-18(20,21)15-4-3-14(16(22-15)13-1-2-13)26-24-10-17(11-24)8-23(9-17)5-12-6-25-7-12/h3-4,12-13H,1-2,5-11H2. The molecular formula is C18H22F3N3OS. The predicted octanol–water partition coefficient (Wildman–Crippen LogP) is 3.25. The summed E-state index contributed by atoms with van der Waals surface area (Å²) in [7, 11) is 0. The third-order valence-corrected chi connectivity index (χ3v) is 6.79. The number of likely N-dealkylation sites (tertiary alicyclic amines) is 1. The minimum Gasteiger partial charge on any atom is -0.381 e. The van der Waals surface area contributed by atoms with E-state index in [9.17, 15) is 13.2 Å². The first-order valence-corrected chi connectivity index (χ1v) is 9.99. The molecule has 0 radical (unpaired) electrons. The minimum absolute atomic E-state index is 0.207. The van der Waals surface area contributed by atoms with Crippen molar-refractivity contribution in [2.24, 2.45) is 11.3 Å². The van der Waals surface area contributed by atoms with Crippen LogP contribution in [0.5, 0.6) is 0 Å². The molecule has 0 aromatic carbocycles. The highest BCUT2D eigenvalue weighted by atomic mass is 32.2. The van der Waals surface area contributed by atoms with Crippen molar-refractivity contribution in [1.82, 2.24) is 14.2 Å². The van der Waals surface area contributed by atoms with Crippen molar-refractivity contribution in [1.29, 1.82) is 0 Å². The highest BCUT2D eigenvalue weighted by Crippen LogP contribution is 2.49. The number of hydrogen-bond acceptors (Lipinski definition) is 5. The van der Waals surface area contributed by atoms with E-state index in [-0.39, 0.29) is 5.92 Å². The summed E-state index contributed by atoms with van der Waals surface area (Å²) in [5.74, 6) is 0.913. The topological polar surface area (TPSA) is 28.6 Å². The molecule has 4 heterocycles. The largest absolute Gasteiger partial charge is 0.433 e. The minimum atomic E-state index is -4.37. The van der Waals surface area contributed by atoms with E-state index in [4.69, 9.17) is 4.74 Å². The van der Waals surface area contributed by atoms with Crippen LogP contribution in [0.4, 0.5) is 13.2 Å². The average Bonchev–Trinajstić information content (AvgIpc) is 3.29. The number of ether oxygens (including phenoxy) is 1. The van der Waals surface area contributed by atoms with Crippen LogP contribution in [0.25, 0.3) is 0 Å². The van der Waals surface area contributed by atoms with Crippen LogP contribution in [0.3, 0.4) is 0 Å². The second kappa shape index (κ2) is 6.09. The lowest BCUT2D eigenvalue weighted by Crippen LogP contribution is -2.71. The Morgan fingerprint density at radius 1 is 1.15 bits per heavy atom. The van der Waals surface area contributed by atoms with Gasteiger partial charge in [0.05, 0.1) is 18.9 Å². The average molecular weight is 385 g/mol. The number of nitrogens with zero attached hydrogens (tertiary/aromatic N) is 3. The summed E-state index contributed by atoms with van der Waals surface area (Å²) in [4.78, 5) is 7.36. The number of rotatable bonds is 5. The highest BCUT2D eigenvalue weighted by Gasteiger charge is 2.52. The van der Waals surface area contributed by atoms with Gasteiger partial charge in [-0.1, -0.05) is 0 Å². The van der Waals surface area contributed by atoms with Crippen LogP contribution in [-0.2, 0) is 10.9 Å². The van der Waals surface area contributed by atoms with Gasteiger partial charge in [-0.15, -0.1) is 0 Å². The number of pyridine rings is 1. The first kappa shape index (κ1) is 17.3. The van der Waals surface area contributed by atoms with E-state index in [0.29, 0.717) is 17.0 Å². The highest BCUT2D eigenvalue weighted by molar-refractivity contribution is 7.97. The van der Waals surface area contributed by atoms with E-state index < -0.39 is 11.9 Å². The third-order valence-electron chi connectivity index (χ3n) is 5.73. The molecule has 142 valence electrons. The normalized spacial score (nSPS) is 26.4. The van der Waals surface area contributed by atoms with Gasteiger partial charge in [0.25, 0.3) is 0 Å². The van der Waals surface area contributed by atoms with Gasteiger partial charge in [-0.05, 0) is 36.9 Å². The molecule has 3 saturated heterocycles. The fourth-order valence-electron chi connectivity index (χ4n) is 4.24. The van der Waals surface area contributed by atoms with Crippen molar-refractivity contribution in [3.8, 4) is 0 Å². The van der Waals surface area contributed by atoms with E-state index in [1.54, 1.807) is 18.0 Å². The first-order chi connectivity index (χ1) is 12.4. The van der Waals surface area contributed by atoms with Gasteiger partial charge in [-0.3, -0.25) is 0 Å². The predicted molar refractivity (Wildman–Crippen MR) is 91.8 cm³/mol. The van der Waals surface area contributed by atoms with Crippen molar-refractivity contribution in [2.75, 3.05) is 45.9 Å². The Kier molecular flexibility index (Phi) is 4.05. The first-order valence-electron chi connectivity index (χ1n) is 9.21. The summed E-state index contributed by atoms with van der Waals surface area (Å²) in [6, 6.07) is 2.73. The fourth-order valence-corrected chi connectivity index (χ4v) is 5.63. The summed E-state index contributed by atoms with van der Waals surface area (Å²) in [5.41, 5.74) is 0.279. The zero-order valence-corrected chi connectivity index (χ0v) is 15.3. The van der Waals surface area contributed by atoms with E-state index in [2.05, 4.69) is 14.2 Å². The van der Waals surface area contributed by atoms with Crippen LogP contribution in [0.15, 0.2) is 17.0 Å². The lowest BCUT2D eigenvalue weighted by molar-refractivity contribution is -0.141. The summed E-state index contributed by atoms with van der Waals surface area (Å²) in [6.45, 7) is 7.25. The molecule has 4 aliphatic rings. The fraction of sp³-hybridized carbons (Fsp3) is 0.722. The van der Waals surface area contributed by atoms with Crippen LogP contribution in [-0.4, -0.2) is 60.1 Å². The second-order valence-electron chi connectivity index (χ2n) is 8.31. The summed E-state index contributed by atoms with van der Waals surface area (Å²) < 4.78 is 46.3. The SMILES string of the molecule is FC(F)(F)c1ccc(SN2CC3(CN(CC4COC4)C3)C2)c(C2CC2)n1. The van der Waals surface area contributed by atoms with Gasteiger partial charge in [0.2, 0.25) is 0 Å². The molecule has 1 saturated carbocycles. The number of hydrogen-bond donors (Lipinski definition) is 0. The quantitative estimate of drug-likeness (QED) is 0.726. The molecule has 4 nitrogen and oxygen atoms in total. The Hall–Kier alpha value is -0.830. The van der Waals surface area contributed by atoms with Crippen molar-refractivity contribution >= 4 is 11.9 Å². The third kappa shape index (κ3) is 3.25. The van der Waals surface area contributed by atoms with E-state index in [1.807, 2.05) is 0 Å². The van der Waals surface area contributed by atoms with Gasteiger partial charge in [-0.25, -0.2) is 9.29 Å². The van der Waals surface area contributed by atoms with E-state index in [1.165, 1.54) is 0 Å². The maximum absolute atomic E-state index is 12.9. The number of alkyl halides is 3. The lowest BCUT2D eigenvalue weighted by Gasteiger charge is -2.60. The molecule has 0 N–H and O–H groups in total. The Bertz CT molecular complexity index is 691. The van der Waals surface area contributed by atoms with Gasteiger partial charge in [0, 0.05) is 54.9 Å². The van der Waals surface area contributed by atoms with E-state index >= 15 is 0 Å². The smallest absolute Gasteiger partial charge is 0.381 e. The number of halogens is 3. The molecule has 0 bridgehead atoms. The molecule has 0 atom stereocenters. The Balaban J connectivity index is 1.18. The summed E-state index contributed by atoms with van der Waals surface area (Å²) >= 11 is 1.59. The van der Waals surface area contributed by atoms with E-state index in [0.717, 1.165) is 69.7 Å². The van der Waals surface area contributed by atoms with Crippen LogP contribution >= 0.6 is 11.9 Å². The van der Waals surface area contributed by atoms with Gasteiger partial charge in [-0.2, -0.15) is 13.2 Å². The molecule has 4 fully saturated rings. The molecule has 0 amide bonds. The molecule has 1 aromatic rings. The summed E-state index contributed by atoms with van der Waals surface area (Å²) in [5, 5.41) is 0. The molecule has 0 unspecified atom stereocenters. The zero-order chi connectivity index (χ0) is 17.9. The summed E-state index contributed by atoms with van der Waals surface area (Å²) in [6.07, 6.45) is -2.47. The van der Waals surface area contributed by atoms with Gasteiger partial charge >= 0.3 is 6.18 Å². The number of aromatic nitrogens is 1. The van der Waals surface area contributed by atoms with Gasteiger partial charge < -0.3 is 9.64 Å². The molecule has 1 aliphatic carbocycles. The van der Waals surface area contributed by atoms with Crippen molar-refractivity contribution in [2.45, 2.75) is 29.8 Å². The molecule has 8 heteroatoms. The zero-order valence-electron chi connectivity index (χ0n) is 14.5. The second-order valence-corrected chi connectivity index (χ2v) is 9.45. The molecular weight excluding hydrogens is 363 g/mol. The molecule has 26 heavy (non-hydrogen) atoms. The Morgan fingerprint density at radius 2 is 1.88 bits per heavy atom. The van der Waals surface area contributed by atoms with Crippen molar-refractivity contribution in [3.63, 3.8) is 0 Å². The Labute approximate surface area is 155 Å². The molecule has 1 spiro atoms. The maximum atomic E-state index is 12.9. The van der Waals surface area contributed by atoms with Gasteiger partial charge in [0.1, 0.15) is 5.69 Å². The lowest BCUT2D eigenvalue weighted by atomic mass is 9.74. The molecule has 3 aliphatic heterocycles. The van der Waals surface area contributed by atoms with Crippen LogP contribution in [0.1, 0.15) is 30.1 Å². The molecule has 1 aromatic heterocycles. The van der Waals surface area contributed by atoms with Crippen LogP contribution in [0, 0.1) is 11.3 Å². The Morgan fingerprint density at radius 3 is 2.46 bits per heavy atom. The van der Waals surface area contributed by atoms with Crippen molar-refractivity contribution in [3.05, 3.63) is 23.5 Å². The van der Waals surface area contributed by atoms with Crippen LogP contribution < -0.4 is 0 Å². The maximum Gasteiger partial charge on any atom is 0.433 e.